The third-order valence-electron chi connectivity index (χ3n) is 2.70. The van der Waals surface area contributed by atoms with Gasteiger partial charge in [-0.05, 0) is 25.0 Å². The van der Waals surface area contributed by atoms with Gasteiger partial charge in [-0.2, -0.15) is 0 Å². The van der Waals surface area contributed by atoms with Crippen molar-refractivity contribution in [3.63, 3.8) is 0 Å². The number of carbonyl (C=O) groups excluding carboxylic acids is 1. The number of rotatable bonds is 4. The Hall–Kier alpha value is -1.18. The second kappa shape index (κ2) is 5.06. The highest BCUT2D eigenvalue weighted by atomic mass is 19.1. The van der Waals surface area contributed by atoms with Gasteiger partial charge < -0.3 is 0 Å². The van der Waals surface area contributed by atoms with Crippen LogP contribution in [0.25, 0.3) is 0 Å². The van der Waals surface area contributed by atoms with Crippen molar-refractivity contribution in [2.45, 2.75) is 33.6 Å². The fraction of sp³-hybridized carbons (Fsp3) is 0.462. The molecule has 1 nitrogen and oxygen atoms in total. The van der Waals surface area contributed by atoms with Crippen LogP contribution in [-0.2, 0) is 0 Å². The number of carbonyl (C=O) groups is 1. The summed E-state index contributed by atoms with van der Waals surface area (Å²) in [6.45, 7) is 5.60. The van der Waals surface area contributed by atoms with Crippen molar-refractivity contribution in [1.29, 1.82) is 0 Å². The van der Waals surface area contributed by atoms with Crippen LogP contribution in [0.3, 0.4) is 0 Å². The summed E-state index contributed by atoms with van der Waals surface area (Å²) in [6.07, 6.45) is 1.83. The SMILES string of the molecule is CCCC(C)C(=O)c1cccc(F)c1C. The first-order chi connectivity index (χ1) is 7.07. The van der Waals surface area contributed by atoms with E-state index in [0.29, 0.717) is 11.1 Å². The van der Waals surface area contributed by atoms with Crippen LogP contribution in [0.5, 0.6) is 0 Å². The molecular weight excluding hydrogens is 191 g/mol. The van der Waals surface area contributed by atoms with E-state index in [2.05, 4.69) is 0 Å². The van der Waals surface area contributed by atoms with Gasteiger partial charge in [0, 0.05) is 11.5 Å². The molecule has 15 heavy (non-hydrogen) atoms. The maximum atomic E-state index is 13.2. The lowest BCUT2D eigenvalue weighted by Gasteiger charge is -2.11. The van der Waals surface area contributed by atoms with E-state index in [-0.39, 0.29) is 17.5 Å². The molecule has 0 aliphatic rings. The lowest BCUT2D eigenvalue weighted by Crippen LogP contribution is -2.13. The lowest BCUT2D eigenvalue weighted by molar-refractivity contribution is 0.0922. The van der Waals surface area contributed by atoms with Crippen LogP contribution in [0, 0.1) is 18.7 Å². The van der Waals surface area contributed by atoms with Gasteiger partial charge in [0.15, 0.2) is 5.78 Å². The molecule has 1 unspecified atom stereocenters. The van der Waals surface area contributed by atoms with Crippen molar-refractivity contribution in [1.82, 2.24) is 0 Å². The zero-order valence-corrected chi connectivity index (χ0v) is 9.51. The molecule has 1 aromatic rings. The smallest absolute Gasteiger partial charge is 0.166 e. The Morgan fingerprint density at radius 2 is 2.13 bits per heavy atom. The molecule has 1 aromatic carbocycles. The van der Waals surface area contributed by atoms with Crippen molar-refractivity contribution in [3.05, 3.63) is 35.1 Å². The van der Waals surface area contributed by atoms with Crippen LogP contribution in [0.1, 0.15) is 42.6 Å². The zero-order valence-electron chi connectivity index (χ0n) is 9.51. The molecule has 0 spiro atoms. The molecule has 0 radical (unpaired) electrons. The molecule has 82 valence electrons. The molecule has 0 aliphatic carbocycles. The van der Waals surface area contributed by atoms with Crippen LogP contribution in [0.2, 0.25) is 0 Å². The van der Waals surface area contributed by atoms with E-state index in [1.807, 2.05) is 13.8 Å². The van der Waals surface area contributed by atoms with Gasteiger partial charge in [-0.25, -0.2) is 4.39 Å². The fourth-order valence-corrected chi connectivity index (χ4v) is 1.70. The maximum Gasteiger partial charge on any atom is 0.166 e. The number of Topliss-reactive ketones (excluding diaryl/α,β-unsaturated/α-hetero) is 1. The van der Waals surface area contributed by atoms with E-state index >= 15 is 0 Å². The Morgan fingerprint density at radius 1 is 1.47 bits per heavy atom. The zero-order chi connectivity index (χ0) is 11.4. The molecule has 1 atom stereocenters. The molecular formula is C13H17FO. The van der Waals surface area contributed by atoms with E-state index in [9.17, 15) is 9.18 Å². The molecule has 0 saturated heterocycles. The summed E-state index contributed by atoms with van der Waals surface area (Å²) in [5.74, 6) is -0.270. The average Bonchev–Trinajstić information content (AvgIpc) is 2.21. The van der Waals surface area contributed by atoms with Gasteiger partial charge in [0.2, 0.25) is 0 Å². The molecule has 0 saturated carbocycles. The quantitative estimate of drug-likeness (QED) is 0.689. The summed E-state index contributed by atoms with van der Waals surface area (Å²) >= 11 is 0. The van der Waals surface area contributed by atoms with Crippen LogP contribution in [-0.4, -0.2) is 5.78 Å². The van der Waals surface area contributed by atoms with Crippen LogP contribution >= 0.6 is 0 Å². The second-order valence-electron chi connectivity index (χ2n) is 3.97. The summed E-state index contributed by atoms with van der Waals surface area (Å²) in [4.78, 5) is 11.9. The average molecular weight is 208 g/mol. The highest BCUT2D eigenvalue weighted by Crippen LogP contribution is 2.18. The third kappa shape index (κ3) is 2.65. The molecule has 2 heteroatoms. The Balaban J connectivity index is 2.96. The first-order valence-corrected chi connectivity index (χ1v) is 5.37. The van der Waals surface area contributed by atoms with Gasteiger partial charge in [-0.3, -0.25) is 4.79 Å². The predicted octanol–water partition coefficient (Wildman–Crippen LogP) is 3.75. The van der Waals surface area contributed by atoms with Gasteiger partial charge in [0.25, 0.3) is 0 Å². The number of ketones is 1. The molecule has 1 rings (SSSR count). The van der Waals surface area contributed by atoms with Crippen molar-refractivity contribution < 1.29 is 9.18 Å². The van der Waals surface area contributed by atoms with Crippen molar-refractivity contribution in [2.75, 3.05) is 0 Å². The predicted molar refractivity (Wildman–Crippen MR) is 59.5 cm³/mol. The van der Waals surface area contributed by atoms with E-state index in [1.54, 1.807) is 19.1 Å². The van der Waals surface area contributed by atoms with E-state index < -0.39 is 0 Å². The molecule has 0 aliphatic heterocycles. The standard InChI is InChI=1S/C13H17FO/c1-4-6-9(2)13(15)11-7-5-8-12(14)10(11)3/h5,7-9H,4,6H2,1-3H3. The highest BCUT2D eigenvalue weighted by molar-refractivity contribution is 5.98. The van der Waals surface area contributed by atoms with Crippen LogP contribution in [0.15, 0.2) is 18.2 Å². The molecule has 0 fully saturated rings. The topological polar surface area (TPSA) is 17.1 Å². The highest BCUT2D eigenvalue weighted by Gasteiger charge is 2.17. The lowest BCUT2D eigenvalue weighted by atomic mass is 9.93. The largest absolute Gasteiger partial charge is 0.294 e. The summed E-state index contributed by atoms with van der Waals surface area (Å²) in [6, 6.07) is 4.68. The Morgan fingerprint density at radius 3 is 2.73 bits per heavy atom. The molecule has 0 amide bonds. The van der Waals surface area contributed by atoms with Crippen LogP contribution in [0.4, 0.5) is 4.39 Å². The second-order valence-corrected chi connectivity index (χ2v) is 3.97. The first-order valence-electron chi connectivity index (χ1n) is 5.37. The van der Waals surface area contributed by atoms with Crippen molar-refractivity contribution in [3.8, 4) is 0 Å². The summed E-state index contributed by atoms with van der Waals surface area (Å²) in [5.41, 5.74) is 0.987. The van der Waals surface area contributed by atoms with Gasteiger partial charge in [0.1, 0.15) is 5.82 Å². The fourth-order valence-electron chi connectivity index (χ4n) is 1.70. The minimum absolute atomic E-state index is 0.0181. The Kier molecular flexibility index (Phi) is 4.01. The molecule has 0 heterocycles. The maximum absolute atomic E-state index is 13.2. The van der Waals surface area contributed by atoms with Gasteiger partial charge in [-0.1, -0.05) is 32.4 Å². The summed E-state index contributed by atoms with van der Waals surface area (Å²) in [7, 11) is 0. The first kappa shape index (κ1) is 11.9. The van der Waals surface area contributed by atoms with Crippen LogP contribution < -0.4 is 0 Å². The van der Waals surface area contributed by atoms with Gasteiger partial charge in [0.05, 0.1) is 0 Å². The third-order valence-corrected chi connectivity index (χ3v) is 2.70. The monoisotopic (exact) mass is 208 g/mol. The Labute approximate surface area is 90.3 Å². The van der Waals surface area contributed by atoms with Crippen molar-refractivity contribution >= 4 is 5.78 Å². The number of benzene rings is 1. The van der Waals surface area contributed by atoms with E-state index in [4.69, 9.17) is 0 Å². The van der Waals surface area contributed by atoms with Crippen molar-refractivity contribution in [2.24, 2.45) is 5.92 Å². The number of halogens is 1. The summed E-state index contributed by atoms with van der Waals surface area (Å²) in [5, 5.41) is 0. The summed E-state index contributed by atoms with van der Waals surface area (Å²) < 4.78 is 13.2. The molecule has 0 bridgehead atoms. The van der Waals surface area contributed by atoms with E-state index in [0.717, 1.165) is 12.8 Å². The normalized spacial score (nSPS) is 12.5. The molecule has 0 aromatic heterocycles. The van der Waals surface area contributed by atoms with Gasteiger partial charge >= 0.3 is 0 Å². The Bertz CT molecular complexity index is 358. The van der Waals surface area contributed by atoms with E-state index in [1.165, 1.54) is 6.07 Å². The number of hydrogen-bond donors (Lipinski definition) is 0. The molecule has 0 N–H and O–H groups in total. The van der Waals surface area contributed by atoms with Gasteiger partial charge in [-0.15, -0.1) is 0 Å². The minimum atomic E-state index is -0.301. The minimum Gasteiger partial charge on any atom is -0.294 e. The number of hydrogen-bond acceptors (Lipinski definition) is 1.